The van der Waals surface area contributed by atoms with E-state index in [2.05, 4.69) is 4.98 Å². The normalized spacial score (nSPS) is 23.6. The van der Waals surface area contributed by atoms with Gasteiger partial charge < -0.3 is 10.6 Å². The van der Waals surface area contributed by atoms with Crippen molar-refractivity contribution in [1.29, 1.82) is 0 Å². The fraction of sp³-hybridized carbons (Fsp3) is 0.615. The third-order valence-electron chi connectivity index (χ3n) is 3.86. The molecular formula is C13H18F3N3. The Morgan fingerprint density at radius 3 is 2.63 bits per heavy atom. The zero-order chi connectivity index (χ0) is 14.0. The van der Waals surface area contributed by atoms with E-state index >= 15 is 0 Å². The molecule has 0 saturated heterocycles. The van der Waals surface area contributed by atoms with Crippen LogP contribution in [0.25, 0.3) is 0 Å². The van der Waals surface area contributed by atoms with Crippen molar-refractivity contribution in [1.82, 2.24) is 4.98 Å². The maximum absolute atomic E-state index is 12.5. The first-order chi connectivity index (χ1) is 8.93. The first kappa shape index (κ1) is 14.1. The highest BCUT2D eigenvalue weighted by Gasteiger charge is 2.32. The van der Waals surface area contributed by atoms with Crippen LogP contribution in [0.15, 0.2) is 18.3 Å². The number of nitrogens with zero attached hydrogens (tertiary/aromatic N) is 2. The Morgan fingerprint density at radius 1 is 1.37 bits per heavy atom. The van der Waals surface area contributed by atoms with E-state index in [4.69, 9.17) is 5.73 Å². The molecule has 0 aliphatic heterocycles. The SMILES string of the molecule is CN(c1ccc(C(F)(F)F)cn1)C1CCCC1CN. The molecule has 2 rings (SSSR count). The summed E-state index contributed by atoms with van der Waals surface area (Å²) in [6.07, 6.45) is -0.250. The Kier molecular flexibility index (Phi) is 3.99. The molecule has 1 heterocycles. The van der Waals surface area contributed by atoms with E-state index in [0.29, 0.717) is 18.3 Å². The Balaban J connectivity index is 2.13. The van der Waals surface area contributed by atoms with E-state index in [-0.39, 0.29) is 6.04 Å². The van der Waals surface area contributed by atoms with Crippen molar-refractivity contribution < 1.29 is 13.2 Å². The van der Waals surface area contributed by atoms with Crippen molar-refractivity contribution in [2.75, 3.05) is 18.5 Å². The fourth-order valence-corrected chi connectivity index (χ4v) is 2.73. The van der Waals surface area contributed by atoms with Gasteiger partial charge in [0.1, 0.15) is 5.82 Å². The van der Waals surface area contributed by atoms with Gasteiger partial charge in [-0.1, -0.05) is 6.42 Å². The van der Waals surface area contributed by atoms with Crippen molar-refractivity contribution in [3.63, 3.8) is 0 Å². The van der Waals surface area contributed by atoms with Crippen molar-refractivity contribution in [2.24, 2.45) is 11.7 Å². The molecule has 6 heteroatoms. The third-order valence-corrected chi connectivity index (χ3v) is 3.86. The second-order valence-corrected chi connectivity index (χ2v) is 5.01. The summed E-state index contributed by atoms with van der Waals surface area (Å²) in [7, 11) is 1.87. The molecule has 0 bridgehead atoms. The Morgan fingerprint density at radius 2 is 2.11 bits per heavy atom. The monoisotopic (exact) mass is 273 g/mol. The summed E-state index contributed by atoms with van der Waals surface area (Å²) in [6.45, 7) is 0.607. The van der Waals surface area contributed by atoms with Gasteiger partial charge in [-0.2, -0.15) is 13.2 Å². The fourth-order valence-electron chi connectivity index (χ4n) is 2.73. The number of rotatable bonds is 3. The number of halogens is 3. The number of alkyl halides is 3. The van der Waals surface area contributed by atoms with Crippen molar-refractivity contribution in [2.45, 2.75) is 31.5 Å². The third kappa shape index (κ3) is 3.00. The van der Waals surface area contributed by atoms with Gasteiger partial charge in [-0.25, -0.2) is 4.98 Å². The van der Waals surface area contributed by atoms with Crippen LogP contribution < -0.4 is 10.6 Å². The number of nitrogens with two attached hydrogens (primary N) is 1. The van der Waals surface area contributed by atoms with E-state index in [1.54, 1.807) is 0 Å². The molecule has 0 spiro atoms. The lowest BCUT2D eigenvalue weighted by Crippen LogP contribution is -2.38. The topological polar surface area (TPSA) is 42.2 Å². The van der Waals surface area contributed by atoms with Crippen LogP contribution in [-0.4, -0.2) is 24.6 Å². The zero-order valence-electron chi connectivity index (χ0n) is 10.8. The van der Waals surface area contributed by atoms with Gasteiger partial charge in [-0.3, -0.25) is 0 Å². The van der Waals surface area contributed by atoms with E-state index in [1.807, 2.05) is 11.9 Å². The lowest BCUT2D eigenvalue weighted by Gasteiger charge is -2.30. The van der Waals surface area contributed by atoms with Gasteiger partial charge in [-0.05, 0) is 37.4 Å². The maximum Gasteiger partial charge on any atom is 0.417 e. The summed E-state index contributed by atoms with van der Waals surface area (Å²) in [4.78, 5) is 5.87. The minimum Gasteiger partial charge on any atom is -0.356 e. The summed E-state index contributed by atoms with van der Waals surface area (Å²) < 4.78 is 37.4. The lowest BCUT2D eigenvalue weighted by molar-refractivity contribution is -0.137. The van der Waals surface area contributed by atoms with Gasteiger partial charge in [0.05, 0.1) is 5.56 Å². The molecule has 0 amide bonds. The van der Waals surface area contributed by atoms with Crippen LogP contribution in [0.4, 0.5) is 19.0 Å². The smallest absolute Gasteiger partial charge is 0.356 e. The van der Waals surface area contributed by atoms with Crippen molar-refractivity contribution in [3.8, 4) is 0 Å². The Hall–Kier alpha value is -1.30. The van der Waals surface area contributed by atoms with Crippen LogP contribution in [-0.2, 0) is 6.18 Å². The molecule has 1 fully saturated rings. The van der Waals surface area contributed by atoms with Crippen molar-refractivity contribution >= 4 is 5.82 Å². The van der Waals surface area contributed by atoms with Crippen LogP contribution in [0.3, 0.4) is 0 Å². The van der Waals surface area contributed by atoms with Gasteiger partial charge in [-0.15, -0.1) is 0 Å². The van der Waals surface area contributed by atoms with Crippen LogP contribution >= 0.6 is 0 Å². The van der Waals surface area contributed by atoms with Gasteiger partial charge >= 0.3 is 6.18 Å². The first-order valence-corrected chi connectivity index (χ1v) is 6.39. The van der Waals surface area contributed by atoms with E-state index in [1.165, 1.54) is 6.07 Å². The van der Waals surface area contributed by atoms with Crippen LogP contribution in [0.2, 0.25) is 0 Å². The predicted molar refractivity (Wildman–Crippen MR) is 67.8 cm³/mol. The summed E-state index contributed by atoms with van der Waals surface area (Å²) >= 11 is 0. The highest BCUT2D eigenvalue weighted by molar-refractivity contribution is 5.40. The highest BCUT2D eigenvalue weighted by atomic mass is 19.4. The van der Waals surface area contributed by atoms with E-state index in [0.717, 1.165) is 31.5 Å². The maximum atomic E-state index is 12.5. The van der Waals surface area contributed by atoms with Crippen molar-refractivity contribution in [3.05, 3.63) is 23.9 Å². The quantitative estimate of drug-likeness (QED) is 0.920. The second-order valence-electron chi connectivity index (χ2n) is 5.01. The van der Waals surface area contributed by atoms with Gasteiger partial charge in [0.15, 0.2) is 0 Å². The van der Waals surface area contributed by atoms with Crippen LogP contribution in [0.5, 0.6) is 0 Å². The predicted octanol–water partition coefficient (Wildman–Crippen LogP) is 2.66. The highest BCUT2D eigenvalue weighted by Crippen LogP contribution is 2.32. The molecule has 19 heavy (non-hydrogen) atoms. The number of anilines is 1. The number of hydrogen-bond acceptors (Lipinski definition) is 3. The summed E-state index contributed by atoms with van der Waals surface area (Å²) in [6, 6.07) is 2.77. The zero-order valence-corrected chi connectivity index (χ0v) is 10.8. The minimum absolute atomic E-state index is 0.272. The molecule has 106 valence electrons. The molecule has 0 aromatic carbocycles. The standard InChI is InChI=1S/C13H18F3N3/c1-19(11-4-2-3-9(11)7-17)12-6-5-10(8-18-12)13(14,15)16/h5-6,8-9,11H,2-4,7,17H2,1H3. The minimum atomic E-state index is -4.34. The molecule has 1 aromatic heterocycles. The molecule has 1 aromatic rings. The molecule has 0 radical (unpaired) electrons. The average Bonchev–Trinajstić information content (AvgIpc) is 2.85. The van der Waals surface area contributed by atoms with Gasteiger partial charge in [0.2, 0.25) is 0 Å². The largest absolute Gasteiger partial charge is 0.417 e. The number of pyridine rings is 1. The Bertz CT molecular complexity index is 416. The molecule has 3 nitrogen and oxygen atoms in total. The molecule has 2 unspecified atom stereocenters. The summed E-state index contributed by atoms with van der Waals surface area (Å²) in [5.74, 6) is 0.965. The molecule has 1 saturated carbocycles. The van der Waals surface area contributed by atoms with E-state index < -0.39 is 11.7 Å². The molecule has 1 aliphatic carbocycles. The van der Waals surface area contributed by atoms with Crippen LogP contribution in [0, 0.1) is 5.92 Å². The molecule has 1 aliphatic rings. The molecule has 2 N–H and O–H groups in total. The number of aromatic nitrogens is 1. The molecular weight excluding hydrogens is 255 g/mol. The van der Waals surface area contributed by atoms with Gasteiger partial charge in [0, 0.05) is 19.3 Å². The number of hydrogen-bond donors (Lipinski definition) is 1. The van der Waals surface area contributed by atoms with E-state index in [9.17, 15) is 13.2 Å². The Labute approximate surface area is 110 Å². The second kappa shape index (κ2) is 5.36. The lowest BCUT2D eigenvalue weighted by atomic mass is 10.0. The summed E-state index contributed by atoms with van der Waals surface area (Å²) in [5, 5.41) is 0. The molecule has 2 atom stereocenters. The first-order valence-electron chi connectivity index (χ1n) is 6.39. The average molecular weight is 273 g/mol. The van der Waals surface area contributed by atoms with Gasteiger partial charge in [0.25, 0.3) is 0 Å². The van der Waals surface area contributed by atoms with Crippen LogP contribution in [0.1, 0.15) is 24.8 Å². The summed E-state index contributed by atoms with van der Waals surface area (Å²) in [5.41, 5.74) is 5.01.